The number of hydrogen-bond acceptors (Lipinski definition) is 9. The second kappa shape index (κ2) is 8.29. The smallest absolute Gasteiger partial charge is 0.425 e. The van der Waals surface area contributed by atoms with E-state index in [1.165, 1.54) is 6.33 Å². The number of aromatic nitrogens is 3. The topological polar surface area (TPSA) is 165 Å². The van der Waals surface area contributed by atoms with Crippen LogP contribution in [0, 0.1) is 3.57 Å². The minimum absolute atomic E-state index is 0.348. The van der Waals surface area contributed by atoms with E-state index < -0.39 is 45.9 Å². The van der Waals surface area contributed by atoms with E-state index in [-0.39, 0.29) is 6.54 Å². The Hall–Kier alpha value is -2.01. The standard InChI is InChI=1S/C20H27IN6O6S/c1-19(2,3)33-18(28)27(34(23,29)30)7-10-6-12(15-14(10)31-20(4,5)32-15)26-8-11(21)13-16(22)24-9-25-17(13)26/h6,8-9,12,14-15H,7H2,1-5H3,(H2,22,24,25)(H2,23,29,30)/t12-,14-,15+/m1/s1. The van der Waals surface area contributed by atoms with E-state index in [1.54, 1.807) is 40.7 Å². The van der Waals surface area contributed by atoms with Gasteiger partial charge in [-0.1, -0.05) is 6.08 Å². The van der Waals surface area contributed by atoms with Crippen LogP contribution in [0.4, 0.5) is 10.6 Å². The van der Waals surface area contributed by atoms with Crippen molar-refractivity contribution in [3.8, 4) is 0 Å². The number of hydrogen-bond donors (Lipinski definition) is 2. The lowest BCUT2D eigenvalue weighted by Gasteiger charge is -2.27. The van der Waals surface area contributed by atoms with Crippen LogP contribution < -0.4 is 10.9 Å². The lowest BCUT2D eigenvalue weighted by Crippen LogP contribution is -2.46. The minimum Gasteiger partial charge on any atom is -0.443 e. The van der Waals surface area contributed by atoms with Crippen molar-refractivity contribution < 1.29 is 27.4 Å². The number of nitrogens with zero attached hydrogens (tertiary/aromatic N) is 4. The minimum atomic E-state index is -4.42. The fourth-order valence-electron chi connectivity index (χ4n) is 4.14. The second-order valence-electron chi connectivity index (χ2n) is 9.63. The summed E-state index contributed by atoms with van der Waals surface area (Å²) >= 11 is 2.16. The van der Waals surface area contributed by atoms with Crippen molar-refractivity contribution in [2.45, 2.75) is 64.3 Å². The molecule has 3 heterocycles. The molecule has 4 rings (SSSR count). The van der Waals surface area contributed by atoms with E-state index in [9.17, 15) is 13.2 Å². The van der Waals surface area contributed by atoms with Gasteiger partial charge in [-0.05, 0) is 62.8 Å². The second-order valence-corrected chi connectivity index (χ2v) is 12.3. The molecule has 1 fully saturated rings. The Bertz CT molecular complexity index is 1280. The van der Waals surface area contributed by atoms with Gasteiger partial charge in [0, 0.05) is 9.77 Å². The fraction of sp³-hybridized carbons (Fsp3) is 0.550. The molecule has 0 spiro atoms. The summed E-state index contributed by atoms with van der Waals surface area (Å²) in [6, 6.07) is -0.414. The molecular formula is C20H27IN6O6S. The van der Waals surface area contributed by atoms with Crippen molar-refractivity contribution in [3.05, 3.63) is 27.7 Å². The van der Waals surface area contributed by atoms with Gasteiger partial charge in [0.05, 0.1) is 18.0 Å². The summed E-state index contributed by atoms with van der Waals surface area (Å²) in [6.07, 6.45) is 2.85. The zero-order valence-corrected chi connectivity index (χ0v) is 22.3. The highest BCUT2D eigenvalue weighted by atomic mass is 127. The number of nitrogen functional groups attached to an aromatic ring is 1. The van der Waals surface area contributed by atoms with Crippen LogP contribution in [0.15, 0.2) is 24.2 Å². The molecule has 0 saturated carbocycles. The van der Waals surface area contributed by atoms with Crippen LogP contribution in [0.1, 0.15) is 40.7 Å². The summed E-state index contributed by atoms with van der Waals surface area (Å²) in [7, 11) is -4.42. The molecule has 1 amide bonds. The van der Waals surface area contributed by atoms with Crippen LogP contribution >= 0.6 is 22.6 Å². The zero-order valence-electron chi connectivity index (χ0n) is 19.4. The first kappa shape index (κ1) is 25.1. The molecule has 1 aliphatic carbocycles. The Morgan fingerprint density at radius 3 is 2.62 bits per heavy atom. The van der Waals surface area contributed by atoms with Crippen molar-refractivity contribution in [1.29, 1.82) is 0 Å². The number of amides is 1. The molecule has 1 saturated heterocycles. The maximum Gasteiger partial charge on any atom is 0.425 e. The Kier molecular flexibility index (Phi) is 6.12. The van der Waals surface area contributed by atoms with Crippen LogP contribution in [0.3, 0.4) is 0 Å². The average Bonchev–Trinajstić information content (AvgIpc) is 3.26. The highest BCUT2D eigenvalue weighted by Gasteiger charge is 2.52. The first-order valence-corrected chi connectivity index (χ1v) is 13.0. The van der Waals surface area contributed by atoms with Crippen LogP contribution in [0.25, 0.3) is 11.0 Å². The monoisotopic (exact) mass is 606 g/mol. The SMILES string of the molecule is CC(C)(C)OC(=O)N(CC1=C[C@@H](n2cc(I)c3c(N)ncnc32)[C@@H]2OC(C)(C)O[C@H]12)S(N)(=O)=O. The number of carbonyl (C=O) groups is 1. The molecule has 12 nitrogen and oxygen atoms in total. The number of anilines is 1. The average molecular weight is 606 g/mol. The largest absolute Gasteiger partial charge is 0.443 e. The normalized spacial score (nSPS) is 24.2. The van der Waals surface area contributed by atoms with Crippen molar-refractivity contribution in [1.82, 2.24) is 18.8 Å². The van der Waals surface area contributed by atoms with Gasteiger partial charge < -0.3 is 24.5 Å². The van der Waals surface area contributed by atoms with Gasteiger partial charge in [0.1, 0.15) is 35.6 Å². The molecule has 4 N–H and O–H groups in total. The number of rotatable bonds is 4. The third-order valence-corrected chi connectivity index (χ3v) is 7.07. The summed E-state index contributed by atoms with van der Waals surface area (Å²) in [5.41, 5.74) is 6.26. The number of nitrogens with two attached hydrogens (primary N) is 2. The van der Waals surface area contributed by atoms with Gasteiger partial charge in [-0.3, -0.25) is 0 Å². The molecule has 2 aromatic rings. The first-order chi connectivity index (χ1) is 15.6. The van der Waals surface area contributed by atoms with E-state index in [0.717, 1.165) is 3.57 Å². The van der Waals surface area contributed by atoms with Crippen molar-refractivity contribution >= 4 is 55.7 Å². The Morgan fingerprint density at radius 2 is 2.00 bits per heavy atom. The van der Waals surface area contributed by atoms with Crippen LogP contribution in [0.5, 0.6) is 0 Å². The number of carbonyl (C=O) groups excluding carboxylic acids is 1. The lowest BCUT2D eigenvalue weighted by atomic mass is 10.1. The predicted molar refractivity (Wildman–Crippen MR) is 132 cm³/mol. The number of ether oxygens (including phenoxy) is 3. The summed E-state index contributed by atoms with van der Waals surface area (Å²) in [6.45, 7) is 8.09. The molecule has 0 bridgehead atoms. The molecule has 0 unspecified atom stereocenters. The van der Waals surface area contributed by atoms with E-state index in [2.05, 4.69) is 32.6 Å². The molecule has 0 radical (unpaired) electrons. The first-order valence-electron chi connectivity index (χ1n) is 10.4. The lowest BCUT2D eigenvalue weighted by molar-refractivity contribution is -0.147. The van der Waals surface area contributed by atoms with Crippen LogP contribution in [-0.4, -0.2) is 63.5 Å². The summed E-state index contributed by atoms with van der Waals surface area (Å²) in [5.74, 6) is -0.587. The fourth-order valence-corrected chi connectivity index (χ4v) is 5.53. The maximum atomic E-state index is 12.7. The van der Waals surface area contributed by atoms with Gasteiger partial charge in [-0.25, -0.2) is 19.9 Å². The number of halogens is 1. The Labute approximate surface area is 210 Å². The summed E-state index contributed by atoms with van der Waals surface area (Å²) in [5, 5.41) is 6.08. The molecule has 3 atom stereocenters. The van der Waals surface area contributed by atoms with E-state index >= 15 is 0 Å². The van der Waals surface area contributed by atoms with Crippen molar-refractivity contribution in [2.75, 3.05) is 12.3 Å². The van der Waals surface area contributed by atoms with E-state index in [4.69, 9.17) is 25.1 Å². The van der Waals surface area contributed by atoms with Crippen molar-refractivity contribution in [2.24, 2.45) is 5.14 Å². The van der Waals surface area contributed by atoms with Gasteiger partial charge in [-0.15, -0.1) is 0 Å². The van der Waals surface area contributed by atoms with Crippen LogP contribution in [0.2, 0.25) is 0 Å². The molecule has 186 valence electrons. The van der Waals surface area contributed by atoms with Crippen molar-refractivity contribution in [3.63, 3.8) is 0 Å². The molecule has 2 aromatic heterocycles. The van der Waals surface area contributed by atoms with Gasteiger partial charge in [-0.2, -0.15) is 12.7 Å². The van der Waals surface area contributed by atoms with Crippen LogP contribution in [-0.2, 0) is 24.4 Å². The van der Waals surface area contributed by atoms with Gasteiger partial charge in [0.15, 0.2) is 5.79 Å². The Morgan fingerprint density at radius 1 is 1.32 bits per heavy atom. The molecule has 0 aromatic carbocycles. The summed E-state index contributed by atoms with van der Waals surface area (Å²) in [4.78, 5) is 21.1. The maximum absolute atomic E-state index is 12.7. The third kappa shape index (κ3) is 4.73. The molecule has 1 aliphatic heterocycles. The third-order valence-electron chi connectivity index (χ3n) is 5.36. The molecular weight excluding hydrogens is 579 g/mol. The van der Waals surface area contributed by atoms with Gasteiger partial charge in [0.25, 0.3) is 0 Å². The summed E-state index contributed by atoms with van der Waals surface area (Å²) < 4.78 is 45.4. The molecule has 2 aliphatic rings. The number of fused-ring (bicyclic) bond motifs is 2. The molecule has 14 heteroatoms. The van der Waals surface area contributed by atoms with E-state index in [0.29, 0.717) is 26.7 Å². The van der Waals surface area contributed by atoms with Gasteiger partial charge in [0.2, 0.25) is 0 Å². The Balaban J connectivity index is 1.76. The highest BCUT2D eigenvalue weighted by Crippen LogP contribution is 2.45. The quantitative estimate of drug-likeness (QED) is 0.392. The van der Waals surface area contributed by atoms with E-state index in [1.807, 2.05) is 10.8 Å². The zero-order chi connectivity index (χ0) is 25.2. The predicted octanol–water partition coefficient (Wildman–Crippen LogP) is 2.06. The molecule has 34 heavy (non-hydrogen) atoms. The highest BCUT2D eigenvalue weighted by molar-refractivity contribution is 14.1. The van der Waals surface area contributed by atoms with Gasteiger partial charge >= 0.3 is 16.3 Å².